The Morgan fingerprint density at radius 1 is 1.29 bits per heavy atom. The van der Waals surface area contributed by atoms with Gasteiger partial charge in [-0.15, -0.1) is 0 Å². The Labute approximate surface area is 131 Å². The minimum atomic E-state index is -3.67. The zero-order chi connectivity index (χ0) is 16.0. The topological polar surface area (TPSA) is 66.5 Å². The molecule has 1 aromatic rings. The number of nitrogens with zero attached hydrogens (tertiary/aromatic N) is 1. The molecule has 0 saturated heterocycles. The molecule has 1 N–H and O–H groups in total. The van der Waals surface area contributed by atoms with E-state index < -0.39 is 10.0 Å². The number of rotatable bonds is 7. The zero-order valence-corrected chi connectivity index (χ0v) is 14.1. The minimum Gasteiger partial charge on any atom is -0.352 e. The lowest BCUT2D eigenvalue weighted by Crippen LogP contribution is -2.26. The monoisotopic (exact) mass is 332 g/mol. The van der Waals surface area contributed by atoms with Gasteiger partial charge in [-0.1, -0.05) is 31.4 Å². The van der Waals surface area contributed by atoms with Crippen molar-refractivity contribution in [1.82, 2.24) is 9.62 Å². The smallest absolute Gasteiger partial charge is 0.251 e. The van der Waals surface area contributed by atoms with Crippen molar-refractivity contribution in [3.63, 3.8) is 0 Å². The number of halogens is 1. The molecule has 0 unspecified atom stereocenters. The van der Waals surface area contributed by atoms with E-state index in [-0.39, 0.29) is 21.4 Å². The highest BCUT2D eigenvalue weighted by molar-refractivity contribution is 7.89. The van der Waals surface area contributed by atoms with Gasteiger partial charge in [0.25, 0.3) is 5.91 Å². The normalized spacial score (nSPS) is 11.7. The first-order chi connectivity index (χ1) is 9.80. The van der Waals surface area contributed by atoms with Gasteiger partial charge in [0.05, 0.1) is 5.02 Å². The van der Waals surface area contributed by atoms with Gasteiger partial charge in [0.1, 0.15) is 4.90 Å². The maximum Gasteiger partial charge on any atom is 0.251 e. The van der Waals surface area contributed by atoms with E-state index in [4.69, 9.17) is 11.6 Å². The molecule has 0 saturated carbocycles. The molecule has 118 valence electrons. The van der Waals surface area contributed by atoms with E-state index in [0.717, 1.165) is 23.6 Å². The average molecular weight is 333 g/mol. The standard InChI is InChI=1S/C14H21ClN2O3S/c1-4-5-6-9-16-14(18)11-7-8-12(15)13(10-11)21(19,20)17(2)3/h7-8,10H,4-6,9H2,1-3H3,(H,16,18). The summed E-state index contributed by atoms with van der Waals surface area (Å²) in [5.74, 6) is -0.294. The lowest BCUT2D eigenvalue weighted by atomic mass is 10.2. The van der Waals surface area contributed by atoms with Gasteiger partial charge in [-0.25, -0.2) is 12.7 Å². The quantitative estimate of drug-likeness (QED) is 0.780. The highest BCUT2D eigenvalue weighted by Crippen LogP contribution is 2.24. The van der Waals surface area contributed by atoms with E-state index >= 15 is 0 Å². The Kier molecular flexibility index (Phi) is 6.64. The summed E-state index contributed by atoms with van der Waals surface area (Å²) in [7, 11) is -0.832. The molecule has 7 heteroatoms. The molecule has 1 aromatic carbocycles. The summed E-state index contributed by atoms with van der Waals surface area (Å²) < 4.78 is 25.3. The van der Waals surface area contributed by atoms with Crippen LogP contribution in [0.25, 0.3) is 0 Å². The Balaban J connectivity index is 2.94. The van der Waals surface area contributed by atoms with Crippen molar-refractivity contribution in [2.45, 2.75) is 31.1 Å². The van der Waals surface area contributed by atoms with Gasteiger partial charge < -0.3 is 5.32 Å². The van der Waals surface area contributed by atoms with Gasteiger partial charge in [0.15, 0.2) is 0 Å². The summed E-state index contributed by atoms with van der Waals surface area (Å²) in [6.07, 6.45) is 3.02. The molecule has 0 atom stereocenters. The highest BCUT2D eigenvalue weighted by Gasteiger charge is 2.22. The molecule has 0 spiro atoms. The van der Waals surface area contributed by atoms with Crippen LogP contribution in [0.2, 0.25) is 5.02 Å². The number of benzene rings is 1. The van der Waals surface area contributed by atoms with Crippen molar-refractivity contribution in [2.24, 2.45) is 0 Å². The number of carbonyl (C=O) groups is 1. The highest BCUT2D eigenvalue weighted by atomic mass is 35.5. The maximum absolute atomic E-state index is 12.1. The molecule has 0 aromatic heterocycles. The summed E-state index contributed by atoms with van der Waals surface area (Å²) in [6, 6.07) is 4.26. The fourth-order valence-electron chi connectivity index (χ4n) is 1.72. The molecule has 1 rings (SSSR count). The Morgan fingerprint density at radius 2 is 1.95 bits per heavy atom. The molecule has 0 bridgehead atoms. The average Bonchev–Trinajstić information content (AvgIpc) is 2.43. The Morgan fingerprint density at radius 3 is 2.52 bits per heavy atom. The molecule has 1 amide bonds. The Bertz CT molecular complexity index is 600. The van der Waals surface area contributed by atoms with Gasteiger partial charge >= 0.3 is 0 Å². The number of sulfonamides is 1. The van der Waals surface area contributed by atoms with Crippen molar-refractivity contribution < 1.29 is 13.2 Å². The number of carbonyl (C=O) groups excluding carboxylic acids is 1. The largest absolute Gasteiger partial charge is 0.352 e. The van der Waals surface area contributed by atoms with Crippen LogP contribution in [0, 0.1) is 0 Å². The summed E-state index contributed by atoms with van der Waals surface area (Å²) in [5.41, 5.74) is 0.288. The molecule has 21 heavy (non-hydrogen) atoms. The molecule has 0 aliphatic rings. The van der Waals surface area contributed by atoms with Crippen molar-refractivity contribution in [3.05, 3.63) is 28.8 Å². The fourth-order valence-corrected chi connectivity index (χ4v) is 3.11. The second-order valence-electron chi connectivity index (χ2n) is 4.90. The third-order valence-electron chi connectivity index (χ3n) is 3.02. The van der Waals surface area contributed by atoms with Gasteiger partial charge in [-0.2, -0.15) is 0 Å². The lowest BCUT2D eigenvalue weighted by molar-refractivity contribution is 0.0952. The Hall–Kier alpha value is -1.11. The maximum atomic E-state index is 12.1. The molecule has 0 aliphatic carbocycles. The molecule has 0 aliphatic heterocycles. The fraction of sp³-hybridized carbons (Fsp3) is 0.500. The molecule has 5 nitrogen and oxygen atoms in total. The first-order valence-corrected chi connectivity index (χ1v) is 8.62. The SMILES string of the molecule is CCCCCNC(=O)c1ccc(Cl)c(S(=O)(=O)N(C)C)c1. The van der Waals surface area contributed by atoms with Crippen molar-refractivity contribution in [3.8, 4) is 0 Å². The first kappa shape index (κ1) is 17.9. The summed E-state index contributed by atoms with van der Waals surface area (Å²) in [5, 5.41) is 2.87. The molecule has 0 fully saturated rings. The summed E-state index contributed by atoms with van der Waals surface area (Å²) >= 11 is 5.94. The lowest BCUT2D eigenvalue weighted by Gasteiger charge is -2.14. The van der Waals surface area contributed by atoms with E-state index in [1.54, 1.807) is 0 Å². The zero-order valence-electron chi connectivity index (χ0n) is 12.5. The van der Waals surface area contributed by atoms with Crippen LogP contribution in [0.1, 0.15) is 36.5 Å². The van der Waals surface area contributed by atoms with E-state index in [9.17, 15) is 13.2 Å². The number of hydrogen-bond donors (Lipinski definition) is 1. The number of hydrogen-bond acceptors (Lipinski definition) is 3. The van der Waals surface area contributed by atoms with Gasteiger partial charge in [0.2, 0.25) is 10.0 Å². The van der Waals surface area contributed by atoms with Crippen LogP contribution in [0.5, 0.6) is 0 Å². The molecule has 0 heterocycles. The van der Waals surface area contributed by atoms with Crippen molar-refractivity contribution >= 4 is 27.5 Å². The van der Waals surface area contributed by atoms with Gasteiger partial charge in [0, 0.05) is 26.2 Å². The van der Waals surface area contributed by atoms with Crippen LogP contribution in [0.3, 0.4) is 0 Å². The molecular weight excluding hydrogens is 312 g/mol. The number of nitrogens with one attached hydrogen (secondary N) is 1. The van der Waals surface area contributed by atoms with Crippen LogP contribution in [-0.4, -0.2) is 39.3 Å². The third kappa shape index (κ3) is 4.69. The number of unbranched alkanes of at least 4 members (excludes halogenated alkanes) is 2. The van der Waals surface area contributed by atoms with E-state index in [1.165, 1.54) is 32.3 Å². The van der Waals surface area contributed by atoms with Crippen molar-refractivity contribution in [1.29, 1.82) is 0 Å². The predicted molar refractivity (Wildman–Crippen MR) is 84.2 cm³/mol. The molecular formula is C14H21ClN2O3S. The summed E-state index contributed by atoms with van der Waals surface area (Å²) in [6.45, 7) is 2.66. The molecule has 0 radical (unpaired) electrons. The summed E-state index contributed by atoms with van der Waals surface area (Å²) in [4.78, 5) is 11.9. The second-order valence-corrected chi connectivity index (χ2v) is 7.42. The van der Waals surface area contributed by atoms with E-state index in [0.29, 0.717) is 6.54 Å². The van der Waals surface area contributed by atoms with Crippen LogP contribution < -0.4 is 5.32 Å². The minimum absolute atomic E-state index is 0.0598. The van der Waals surface area contributed by atoms with Gasteiger partial charge in [-0.05, 0) is 24.6 Å². The first-order valence-electron chi connectivity index (χ1n) is 6.81. The second kappa shape index (κ2) is 7.77. The van der Waals surface area contributed by atoms with Crippen LogP contribution in [0.15, 0.2) is 23.1 Å². The van der Waals surface area contributed by atoms with E-state index in [1.807, 2.05) is 0 Å². The van der Waals surface area contributed by atoms with Crippen molar-refractivity contribution in [2.75, 3.05) is 20.6 Å². The van der Waals surface area contributed by atoms with Crippen LogP contribution in [-0.2, 0) is 10.0 Å². The number of amides is 1. The van der Waals surface area contributed by atoms with E-state index in [2.05, 4.69) is 12.2 Å². The third-order valence-corrected chi connectivity index (χ3v) is 5.31. The predicted octanol–water partition coefficient (Wildman–Crippen LogP) is 2.51. The van der Waals surface area contributed by atoms with Crippen LogP contribution >= 0.6 is 11.6 Å². The van der Waals surface area contributed by atoms with Gasteiger partial charge in [-0.3, -0.25) is 4.79 Å². The van der Waals surface area contributed by atoms with Crippen LogP contribution in [0.4, 0.5) is 0 Å².